The summed E-state index contributed by atoms with van der Waals surface area (Å²) in [6, 6.07) is 7.00. The summed E-state index contributed by atoms with van der Waals surface area (Å²) in [7, 11) is 4.54. The topological polar surface area (TPSA) is 100 Å². The zero-order valence-corrected chi connectivity index (χ0v) is 14.7. The average molecular weight is 357 g/mol. The smallest absolute Gasteiger partial charge is 0.332 e. The lowest BCUT2D eigenvalue weighted by Gasteiger charge is -2.08. The number of fused-ring (bicyclic) bond motifs is 1. The molecule has 3 aromatic rings. The molecule has 0 saturated carbocycles. The molecule has 2 heterocycles. The first-order valence-electron chi connectivity index (χ1n) is 7.97. The highest BCUT2D eigenvalue weighted by Crippen LogP contribution is 2.15. The third kappa shape index (κ3) is 3.10. The number of carbonyl (C=O) groups is 1. The Hall–Kier alpha value is -3.36. The third-order valence-corrected chi connectivity index (χ3v) is 4.17. The van der Waals surface area contributed by atoms with Gasteiger partial charge in [0.1, 0.15) is 5.75 Å². The molecule has 0 saturated heterocycles. The van der Waals surface area contributed by atoms with Crippen LogP contribution < -0.4 is 21.3 Å². The maximum atomic E-state index is 12.4. The summed E-state index contributed by atoms with van der Waals surface area (Å²) in [6.07, 6.45) is 1.62. The molecular weight excluding hydrogens is 338 g/mol. The Kier molecular flexibility index (Phi) is 4.61. The molecule has 0 spiro atoms. The fourth-order valence-corrected chi connectivity index (χ4v) is 2.69. The molecule has 136 valence electrons. The van der Waals surface area contributed by atoms with Crippen molar-refractivity contribution in [2.75, 3.05) is 12.4 Å². The quantitative estimate of drug-likeness (QED) is 0.715. The van der Waals surface area contributed by atoms with Crippen molar-refractivity contribution in [1.82, 2.24) is 18.7 Å². The van der Waals surface area contributed by atoms with E-state index in [-0.39, 0.29) is 18.9 Å². The highest BCUT2D eigenvalue weighted by molar-refractivity contribution is 5.90. The number of ether oxygens (including phenoxy) is 1. The predicted octanol–water partition coefficient (Wildman–Crippen LogP) is 0.471. The van der Waals surface area contributed by atoms with Gasteiger partial charge in [0.05, 0.1) is 13.4 Å². The summed E-state index contributed by atoms with van der Waals surface area (Å²) in [6.45, 7) is 0.270. The molecule has 0 fully saturated rings. The maximum Gasteiger partial charge on any atom is 0.332 e. The standard InChI is InChI=1S/C17H19N5O4/c1-20-15-14(16(24)21(2)17(20)25)22(10-18-15)9-8-13(23)19-11-4-6-12(26-3)7-5-11/h4-7,10H,8-9H2,1-3H3,(H,19,23). The van der Waals surface area contributed by atoms with Gasteiger partial charge in [-0.05, 0) is 24.3 Å². The van der Waals surface area contributed by atoms with Crippen molar-refractivity contribution >= 4 is 22.8 Å². The zero-order chi connectivity index (χ0) is 18.8. The molecule has 9 heteroatoms. The summed E-state index contributed by atoms with van der Waals surface area (Å²) >= 11 is 0. The van der Waals surface area contributed by atoms with E-state index >= 15 is 0 Å². The van der Waals surface area contributed by atoms with E-state index in [9.17, 15) is 14.4 Å². The monoisotopic (exact) mass is 357 g/mol. The van der Waals surface area contributed by atoms with Crippen LogP contribution in [0.4, 0.5) is 5.69 Å². The number of carbonyl (C=O) groups excluding carboxylic acids is 1. The van der Waals surface area contributed by atoms with Gasteiger partial charge in [0.25, 0.3) is 5.56 Å². The van der Waals surface area contributed by atoms with Crippen LogP contribution >= 0.6 is 0 Å². The molecule has 3 rings (SSSR count). The van der Waals surface area contributed by atoms with Gasteiger partial charge < -0.3 is 14.6 Å². The molecule has 9 nitrogen and oxygen atoms in total. The average Bonchev–Trinajstić information content (AvgIpc) is 3.07. The lowest BCUT2D eigenvalue weighted by molar-refractivity contribution is -0.116. The molecule has 0 bridgehead atoms. The number of amides is 1. The first kappa shape index (κ1) is 17.5. The van der Waals surface area contributed by atoms with Crippen LogP contribution in [0.5, 0.6) is 5.75 Å². The molecular formula is C17H19N5O4. The zero-order valence-electron chi connectivity index (χ0n) is 14.7. The highest BCUT2D eigenvalue weighted by Gasteiger charge is 2.14. The van der Waals surface area contributed by atoms with E-state index in [4.69, 9.17) is 4.74 Å². The van der Waals surface area contributed by atoms with Gasteiger partial charge in [-0.3, -0.25) is 18.7 Å². The summed E-state index contributed by atoms with van der Waals surface area (Å²) in [4.78, 5) is 40.6. The lowest BCUT2D eigenvalue weighted by atomic mass is 10.3. The van der Waals surface area contributed by atoms with Crippen molar-refractivity contribution in [1.29, 1.82) is 0 Å². The molecule has 0 aliphatic carbocycles. The van der Waals surface area contributed by atoms with Crippen LogP contribution in [-0.4, -0.2) is 31.7 Å². The molecule has 0 atom stereocenters. The minimum absolute atomic E-state index is 0.156. The predicted molar refractivity (Wildman–Crippen MR) is 96.5 cm³/mol. The molecule has 0 unspecified atom stereocenters. The summed E-state index contributed by atoms with van der Waals surface area (Å²) in [5.74, 6) is 0.507. The van der Waals surface area contributed by atoms with Gasteiger partial charge in [0.2, 0.25) is 5.91 Å². The van der Waals surface area contributed by atoms with Crippen LogP contribution in [0.25, 0.3) is 11.2 Å². The van der Waals surface area contributed by atoms with Gasteiger partial charge in [-0.2, -0.15) is 0 Å². The van der Waals surface area contributed by atoms with Crippen molar-refractivity contribution < 1.29 is 9.53 Å². The largest absolute Gasteiger partial charge is 0.497 e. The second-order valence-electron chi connectivity index (χ2n) is 5.84. The number of hydrogen-bond acceptors (Lipinski definition) is 5. The number of aromatic nitrogens is 4. The molecule has 1 N–H and O–H groups in total. The van der Waals surface area contributed by atoms with Crippen molar-refractivity contribution in [3.8, 4) is 5.75 Å². The summed E-state index contributed by atoms with van der Waals surface area (Å²) in [5, 5.41) is 2.78. The molecule has 2 aromatic heterocycles. The molecule has 26 heavy (non-hydrogen) atoms. The fraction of sp³-hybridized carbons (Fsp3) is 0.294. The van der Waals surface area contributed by atoms with E-state index in [0.29, 0.717) is 22.6 Å². The first-order valence-corrected chi connectivity index (χ1v) is 7.97. The first-order chi connectivity index (χ1) is 12.4. The molecule has 0 aliphatic heterocycles. The molecule has 0 aliphatic rings. The van der Waals surface area contributed by atoms with E-state index < -0.39 is 11.2 Å². The van der Waals surface area contributed by atoms with E-state index in [1.807, 2.05) is 0 Å². The van der Waals surface area contributed by atoms with Gasteiger partial charge in [-0.25, -0.2) is 9.78 Å². The summed E-state index contributed by atoms with van der Waals surface area (Å²) in [5.41, 5.74) is 0.381. The van der Waals surface area contributed by atoms with Crippen LogP contribution in [0, 0.1) is 0 Å². The maximum absolute atomic E-state index is 12.4. The van der Waals surface area contributed by atoms with E-state index in [1.54, 1.807) is 43.0 Å². The second-order valence-corrected chi connectivity index (χ2v) is 5.84. The number of rotatable bonds is 5. The van der Waals surface area contributed by atoms with Crippen LogP contribution in [0.2, 0.25) is 0 Å². The number of aryl methyl sites for hydroxylation is 2. The van der Waals surface area contributed by atoms with Crippen LogP contribution in [0.1, 0.15) is 6.42 Å². The minimum Gasteiger partial charge on any atom is -0.497 e. The van der Waals surface area contributed by atoms with Crippen molar-refractivity contribution in [3.63, 3.8) is 0 Å². The number of imidazole rings is 1. The Morgan fingerprint density at radius 1 is 1.15 bits per heavy atom. The SMILES string of the molecule is COc1ccc(NC(=O)CCn2cnc3c2c(=O)n(C)c(=O)n3C)cc1. The van der Waals surface area contributed by atoms with Gasteiger partial charge >= 0.3 is 5.69 Å². The third-order valence-electron chi connectivity index (χ3n) is 4.17. The number of anilines is 1. The fourth-order valence-electron chi connectivity index (χ4n) is 2.69. The Morgan fingerprint density at radius 2 is 1.85 bits per heavy atom. The molecule has 1 amide bonds. The van der Waals surface area contributed by atoms with Crippen molar-refractivity contribution in [3.05, 3.63) is 51.4 Å². The van der Waals surface area contributed by atoms with E-state index in [1.165, 1.54) is 17.9 Å². The number of hydrogen-bond donors (Lipinski definition) is 1. The van der Waals surface area contributed by atoms with Gasteiger partial charge in [0, 0.05) is 32.7 Å². The Bertz CT molecular complexity index is 1080. The van der Waals surface area contributed by atoms with Crippen molar-refractivity contribution in [2.45, 2.75) is 13.0 Å². The molecule has 0 radical (unpaired) electrons. The number of nitrogens with zero attached hydrogens (tertiary/aromatic N) is 4. The van der Waals surface area contributed by atoms with E-state index in [2.05, 4.69) is 10.3 Å². The highest BCUT2D eigenvalue weighted by atomic mass is 16.5. The Balaban J connectivity index is 1.76. The van der Waals surface area contributed by atoms with Gasteiger partial charge in [0.15, 0.2) is 11.2 Å². The molecule has 1 aromatic carbocycles. The van der Waals surface area contributed by atoms with Gasteiger partial charge in [-0.1, -0.05) is 0 Å². The number of methoxy groups -OCH3 is 1. The van der Waals surface area contributed by atoms with Crippen LogP contribution in [-0.2, 0) is 25.4 Å². The van der Waals surface area contributed by atoms with E-state index in [0.717, 1.165) is 4.57 Å². The number of benzene rings is 1. The van der Waals surface area contributed by atoms with Gasteiger partial charge in [-0.15, -0.1) is 0 Å². The summed E-state index contributed by atoms with van der Waals surface area (Å²) < 4.78 is 9.00. The minimum atomic E-state index is -0.440. The Morgan fingerprint density at radius 3 is 2.50 bits per heavy atom. The number of nitrogens with one attached hydrogen (secondary N) is 1. The second kappa shape index (κ2) is 6.87. The Labute approximate surface area is 148 Å². The normalized spacial score (nSPS) is 10.9. The van der Waals surface area contributed by atoms with Crippen LogP contribution in [0.3, 0.4) is 0 Å². The lowest BCUT2D eigenvalue weighted by Crippen LogP contribution is -2.37. The van der Waals surface area contributed by atoms with Crippen molar-refractivity contribution in [2.24, 2.45) is 14.1 Å². The van der Waals surface area contributed by atoms with Crippen LogP contribution in [0.15, 0.2) is 40.2 Å².